The Morgan fingerprint density at radius 3 is 2.46 bits per heavy atom. The van der Waals surface area contributed by atoms with Crippen LogP contribution < -0.4 is 9.62 Å². The van der Waals surface area contributed by atoms with Crippen LogP contribution in [0.15, 0.2) is 12.4 Å². The predicted molar refractivity (Wildman–Crippen MR) is 131 cm³/mol. The maximum absolute atomic E-state index is 12.8. The lowest BCUT2D eigenvalue weighted by atomic mass is 9.71. The number of anilines is 1. The van der Waals surface area contributed by atoms with Crippen molar-refractivity contribution >= 4 is 37.4 Å². The minimum Gasteiger partial charge on any atom is -0.355 e. The van der Waals surface area contributed by atoms with E-state index in [4.69, 9.17) is 0 Å². The van der Waals surface area contributed by atoms with Crippen LogP contribution in [0, 0.1) is 11.3 Å². The van der Waals surface area contributed by atoms with E-state index in [1.54, 1.807) is 6.07 Å². The topological polar surface area (TPSA) is 78.4 Å². The molecule has 1 aliphatic carbocycles. The molecule has 3 fully saturated rings. The van der Waals surface area contributed by atoms with Crippen molar-refractivity contribution in [3.63, 3.8) is 0 Å². The van der Waals surface area contributed by atoms with Crippen LogP contribution in [0.2, 0.25) is 0 Å². The number of hydrogen-bond donors (Lipinski definition) is 1. The monoisotopic (exact) mass is 531 g/mol. The Morgan fingerprint density at radius 2 is 1.83 bits per heavy atom. The molecule has 1 saturated carbocycles. The summed E-state index contributed by atoms with van der Waals surface area (Å²) in [7, 11) is -3.14. The highest BCUT2D eigenvalue weighted by atomic mass is 32.2. The van der Waals surface area contributed by atoms with Crippen LogP contribution in [-0.4, -0.2) is 74.5 Å². The van der Waals surface area contributed by atoms with E-state index in [-0.39, 0.29) is 16.3 Å². The summed E-state index contributed by atoms with van der Waals surface area (Å²) in [6.07, 6.45) is 3.70. The van der Waals surface area contributed by atoms with Gasteiger partial charge in [0.25, 0.3) is 0 Å². The van der Waals surface area contributed by atoms with Gasteiger partial charge in [-0.25, -0.2) is 23.1 Å². The van der Waals surface area contributed by atoms with E-state index in [1.807, 2.05) is 0 Å². The van der Waals surface area contributed by atoms with Gasteiger partial charge < -0.3 is 9.80 Å². The van der Waals surface area contributed by atoms with Gasteiger partial charge in [0.1, 0.15) is 17.0 Å². The molecule has 194 valence electrons. The largest absolute Gasteiger partial charge is 0.393 e. The Balaban J connectivity index is 1.11. The number of sulfonamides is 1. The summed E-state index contributed by atoms with van der Waals surface area (Å²) < 4.78 is 64.1. The van der Waals surface area contributed by atoms with Gasteiger partial charge in [0, 0.05) is 36.0 Å². The van der Waals surface area contributed by atoms with Crippen LogP contribution in [0.4, 0.5) is 19.0 Å². The number of alkyl halides is 3. The molecule has 5 rings (SSSR count). The van der Waals surface area contributed by atoms with Crippen LogP contribution in [-0.2, 0) is 16.4 Å². The molecular weight excluding hydrogens is 499 g/mol. The molecule has 0 unspecified atom stereocenters. The molecule has 1 spiro atoms. The highest BCUT2D eigenvalue weighted by Crippen LogP contribution is 2.44. The molecule has 0 bridgehead atoms. The standard InChI is InChI=1S/C23H32F3N5O2S2/c1-35(32,33)29-17-4-2-16(3-5-17)12-30-8-6-22(7-9-30)13-31(14-22)20-19-10-18(11-23(24,25)26)34-21(19)28-15-27-20/h10,15-17,29H,2-9,11-14H2,1H3. The molecule has 0 atom stereocenters. The van der Waals surface area contributed by atoms with Crippen LogP contribution in [0.25, 0.3) is 10.2 Å². The van der Waals surface area contributed by atoms with Gasteiger partial charge in [-0.3, -0.25) is 0 Å². The molecule has 4 heterocycles. The van der Waals surface area contributed by atoms with Gasteiger partial charge in [-0.05, 0) is 63.6 Å². The Hall–Kier alpha value is -1.50. The van der Waals surface area contributed by atoms with E-state index < -0.39 is 22.6 Å². The smallest absolute Gasteiger partial charge is 0.355 e. The van der Waals surface area contributed by atoms with Gasteiger partial charge in [-0.1, -0.05) is 0 Å². The first-order valence-electron chi connectivity index (χ1n) is 12.2. The molecule has 0 radical (unpaired) electrons. The van der Waals surface area contributed by atoms with Crippen LogP contribution >= 0.6 is 11.3 Å². The minimum absolute atomic E-state index is 0.0767. The van der Waals surface area contributed by atoms with Gasteiger partial charge in [-0.2, -0.15) is 13.2 Å². The third kappa shape index (κ3) is 6.08. The van der Waals surface area contributed by atoms with E-state index in [0.29, 0.717) is 10.7 Å². The zero-order chi connectivity index (χ0) is 24.8. The van der Waals surface area contributed by atoms with Crippen LogP contribution in [0.1, 0.15) is 43.4 Å². The van der Waals surface area contributed by atoms with Crippen molar-refractivity contribution in [1.82, 2.24) is 19.6 Å². The molecule has 0 amide bonds. The number of fused-ring (bicyclic) bond motifs is 1. The second-order valence-corrected chi connectivity index (χ2v) is 13.6. The first-order chi connectivity index (χ1) is 16.5. The lowest BCUT2D eigenvalue weighted by molar-refractivity contribution is -0.126. The third-order valence-electron chi connectivity index (χ3n) is 7.75. The Bertz CT molecular complexity index is 1150. The SMILES string of the molecule is CS(=O)(=O)NC1CCC(CN2CCC3(CC2)CN(c2ncnc4sc(CC(F)(F)F)cc24)C3)CC1. The first kappa shape index (κ1) is 25.2. The van der Waals surface area contributed by atoms with E-state index in [0.717, 1.165) is 93.8 Å². The zero-order valence-corrected chi connectivity index (χ0v) is 21.5. The Kier molecular flexibility index (Phi) is 6.77. The molecule has 0 aromatic carbocycles. The van der Waals surface area contributed by atoms with Crippen molar-refractivity contribution in [2.75, 3.05) is 43.9 Å². The van der Waals surface area contributed by atoms with E-state index in [2.05, 4.69) is 24.5 Å². The van der Waals surface area contributed by atoms with Crippen LogP contribution in [0.3, 0.4) is 0 Å². The average molecular weight is 532 g/mol. The van der Waals surface area contributed by atoms with Crippen molar-refractivity contribution in [2.45, 2.75) is 57.2 Å². The second kappa shape index (κ2) is 9.42. The third-order valence-corrected chi connectivity index (χ3v) is 9.55. The predicted octanol–water partition coefficient (Wildman–Crippen LogP) is 3.81. The van der Waals surface area contributed by atoms with Crippen molar-refractivity contribution in [3.8, 4) is 0 Å². The number of nitrogens with zero attached hydrogens (tertiary/aromatic N) is 4. The number of rotatable bonds is 6. The number of hydrogen-bond acceptors (Lipinski definition) is 7. The number of likely N-dealkylation sites (tertiary alicyclic amines) is 1. The zero-order valence-electron chi connectivity index (χ0n) is 19.9. The minimum atomic E-state index is -4.23. The highest BCUT2D eigenvalue weighted by Gasteiger charge is 2.46. The molecule has 7 nitrogen and oxygen atoms in total. The summed E-state index contributed by atoms with van der Waals surface area (Å²) >= 11 is 1.10. The Labute approximate surface area is 208 Å². The van der Waals surface area contributed by atoms with Gasteiger partial charge in [-0.15, -0.1) is 11.3 Å². The lowest BCUT2D eigenvalue weighted by Crippen LogP contribution is -2.61. The molecule has 2 saturated heterocycles. The molecule has 35 heavy (non-hydrogen) atoms. The summed E-state index contributed by atoms with van der Waals surface area (Å²) in [5, 5.41) is 0.727. The number of nitrogens with one attached hydrogen (secondary N) is 1. The molecule has 12 heteroatoms. The lowest BCUT2D eigenvalue weighted by Gasteiger charge is -2.55. The second-order valence-electron chi connectivity index (χ2n) is 10.7. The van der Waals surface area contributed by atoms with Crippen molar-refractivity contribution in [1.29, 1.82) is 0 Å². The van der Waals surface area contributed by atoms with Gasteiger partial charge in [0.15, 0.2) is 0 Å². The van der Waals surface area contributed by atoms with Crippen LogP contribution in [0.5, 0.6) is 0 Å². The maximum Gasteiger partial charge on any atom is 0.393 e. The maximum atomic E-state index is 12.8. The average Bonchev–Trinajstić information content (AvgIpc) is 3.14. The number of halogens is 3. The van der Waals surface area contributed by atoms with Crippen molar-refractivity contribution in [2.24, 2.45) is 11.3 Å². The molecule has 1 N–H and O–H groups in total. The fraction of sp³-hybridized carbons (Fsp3) is 0.739. The summed E-state index contributed by atoms with van der Waals surface area (Å²) in [6, 6.07) is 1.68. The van der Waals surface area contributed by atoms with Gasteiger partial charge in [0.2, 0.25) is 10.0 Å². The molecular formula is C23H32F3N5O2S2. The van der Waals surface area contributed by atoms with Crippen molar-refractivity contribution in [3.05, 3.63) is 17.3 Å². The quantitative estimate of drug-likeness (QED) is 0.611. The van der Waals surface area contributed by atoms with Gasteiger partial charge >= 0.3 is 6.18 Å². The molecule has 2 aromatic rings. The number of aromatic nitrogens is 2. The van der Waals surface area contributed by atoms with E-state index in [9.17, 15) is 21.6 Å². The molecule has 2 aromatic heterocycles. The summed E-state index contributed by atoms with van der Waals surface area (Å²) in [5.74, 6) is 1.38. The van der Waals surface area contributed by atoms with Crippen molar-refractivity contribution < 1.29 is 21.6 Å². The van der Waals surface area contributed by atoms with E-state index >= 15 is 0 Å². The number of piperidine rings is 1. The molecule has 2 aliphatic heterocycles. The summed E-state index contributed by atoms with van der Waals surface area (Å²) in [4.78, 5) is 14.3. The Morgan fingerprint density at radius 1 is 1.14 bits per heavy atom. The fourth-order valence-corrected chi connectivity index (χ4v) is 7.86. The summed E-state index contributed by atoms with van der Waals surface area (Å²) in [6.45, 7) is 4.97. The fourth-order valence-electron chi connectivity index (χ4n) is 6.00. The number of thiophene rings is 1. The van der Waals surface area contributed by atoms with Gasteiger partial charge in [0.05, 0.1) is 18.1 Å². The molecule has 3 aliphatic rings. The highest BCUT2D eigenvalue weighted by molar-refractivity contribution is 7.88. The van der Waals surface area contributed by atoms with E-state index in [1.165, 1.54) is 12.6 Å². The summed E-state index contributed by atoms with van der Waals surface area (Å²) in [5.41, 5.74) is 0.260. The normalized spacial score (nSPS) is 25.8. The first-order valence-corrected chi connectivity index (χ1v) is 14.9.